The minimum Gasteiger partial charge on any atom is -0.496 e. The molecule has 0 radical (unpaired) electrons. The number of anilines is 1. The van der Waals surface area contributed by atoms with E-state index in [2.05, 4.69) is 5.32 Å². The molecule has 0 aromatic heterocycles. The van der Waals surface area contributed by atoms with Crippen molar-refractivity contribution in [3.05, 3.63) is 57.8 Å². The summed E-state index contributed by atoms with van der Waals surface area (Å²) in [6, 6.07) is 8.66. The number of halogens is 3. The Morgan fingerprint density at radius 1 is 1.15 bits per heavy atom. The van der Waals surface area contributed by atoms with Crippen LogP contribution in [0.1, 0.15) is 12.5 Å². The second kappa shape index (κ2) is 8.87. The summed E-state index contributed by atoms with van der Waals surface area (Å²) in [5.74, 6) is -1.53. The fraction of sp³-hybridized carbons (Fsp3) is 0.222. The maximum Gasteiger partial charge on any atom is 0.311 e. The minimum atomic E-state index is -1.12. The van der Waals surface area contributed by atoms with Crippen molar-refractivity contribution in [1.29, 1.82) is 0 Å². The molecule has 0 heterocycles. The van der Waals surface area contributed by atoms with Crippen molar-refractivity contribution >= 4 is 40.8 Å². The van der Waals surface area contributed by atoms with Gasteiger partial charge in [-0.05, 0) is 43.3 Å². The Morgan fingerprint density at radius 2 is 1.81 bits per heavy atom. The number of benzene rings is 2. The zero-order valence-corrected chi connectivity index (χ0v) is 15.5. The Bertz CT molecular complexity index is 829. The van der Waals surface area contributed by atoms with Gasteiger partial charge in [-0.25, -0.2) is 4.39 Å². The van der Waals surface area contributed by atoms with E-state index in [1.54, 1.807) is 18.2 Å². The first-order valence-electron chi connectivity index (χ1n) is 7.58. The summed E-state index contributed by atoms with van der Waals surface area (Å²) in [6.45, 7) is 1.39. The van der Waals surface area contributed by atoms with E-state index in [1.807, 2.05) is 0 Å². The van der Waals surface area contributed by atoms with E-state index in [4.69, 9.17) is 32.7 Å². The van der Waals surface area contributed by atoms with Gasteiger partial charge in [-0.15, -0.1) is 0 Å². The van der Waals surface area contributed by atoms with Crippen molar-refractivity contribution < 1.29 is 23.5 Å². The van der Waals surface area contributed by atoms with E-state index in [0.717, 1.165) is 6.07 Å². The molecule has 26 heavy (non-hydrogen) atoms. The summed E-state index contributed by atoms with van der Waals surface area (Å²) in [7, 11) is 1.47. The second-order valence-corrected chi connectivity index (χ2v) is 6.25. The van der Waals surface area contributed by atoms with Gasteiger partial charge in [0.05, 0.1) is 19.2 Å². The van der Waals surface area contributed by atoms with Gasteiger partial charge in [0.2, 0.25) is 0 Å². The van der Waals surface area contributed by atoms with Gasteiger partial charge in [-0.2, -0.15) is 0 Å². The average Bonchev–Trinajstić information content (AvgIpc) is 2.57. The molecule has 0 aliphatic rings. The highest BCUT2D eigenvalue weighted by molar-refractivity contribution is 6.31. The molecule has 0 saturated carbocycles. The third-order valence-electron chi connectivity index (χ3n) is 3.44. The highest BCUT2D eigenvalue weighted by atomic mass is 35.5. The number of esters is 1. The van der Waals surface area contributed by atoms with E-state index >= 15 is 0 Å². The summed E-state index contributed by atoms with van der Waals surface area (Å²) in [6.07, 6.45) is -1.25. The first kappa shape index (κ1) is 20.0. The molecule has 8 heteroatoms. The molecule has 0 fully saturated rings. The molecule has 0 bridgehead atoms. The molecule has 0 saturated heterocycles. The van der Waals surface area contributed by atoms with Gasteiger partial charge in [-0.3, -0.25) is 9.59 Å². The molecule has 1 N–H and O–H groups in total. The zero-order chi connectivity index (χ0) is 19.3. The fourth-order valence-corrected chi connectivity index (χ4v) is 2.51. The van der Waals surface area contributed by atoms with Crippen LogP contribution in [0.5, 0.6) is 5.75 Å². The molecule has 2 aromatic rings. The number of ether oxygens (including phenoxy) is 2. The van der Waals surface area contributed by atoms with E-state index in [0.29, 0.717) is 16.3 Å². The van der Waals surface area contributed by atoms with E-state index in [9.17, 15) is 14.0 Å². The van der Waals surface area contributed by atoms with Crippen LogP contribution in [-0.2, 0) is 20.7 Å². The summed E-state index contributed by atoms with van der Waals surface area (Å²) >= 11 is 11.6. The van der Waals surface area contributed by atoms with Crippen LogP contribution < -0.4 is 10.1 Å². The number of amides is 1. The highest BCUT2D eigenvalue weighted by Crippen LogP contribution is 2.23. The normalized spacial score (nSPS) is 11.6. The quantitative estimate of drug-likeness (QED) is 0.737. The largest absolute Gasteiger partial charge is 0.496 e. The zero-order valence-electron chi connectivity index (χ0n) is 14.0. The number of hydrogen-bond donors (Lipinski definition) is 1. The van der Waals surface area contributed by atoms with Crippen molar-refractivity contribution in [2.75, 3.05) is 12.4 Å². The van der Waals surface area contributed by atoms with E-state index in [1.165, 1.54) is 26.2 Å². The number of methoxy groups -OCH3 is 1. The third-order valence-corrected chi connectivity index (χ3v) is 3.91. The van der Waals surface area contributed by atoms with Gasteiger partial charge in [0.25, 0.3) is 5.91 Å². The Labute approximate surface area is 160 Å². The molecule has 0 aliphatic heterocycles. The van der Waals surface area contributed by atoms with Gasteiger partial charge < -0.3 is 14.8 Å². The number of hydrogen-bond acceptors (Lipinski definition) is 4. The predicted molar refractivity (Wildman–Crippen MR) is 97.3 cm³/mol. The molecule has 0 unspecified atom stereocenters. The van der Waals surface area contributed by atoms with Crippen LogP contribution in [0.25, 0.3) is 0 Å². The van der Waals surface area contributed by atoms with Crippen molar-refractivity contribution in [3.63, 3.8) is 0 Å². The number of rotatable bonds is 6. The monoisotopic (exact) mass is 399 g/mol. The third kappa shape index (κ3) is 5.34. The van der Waals surface area contributed by atoms with Gasteiger partial charge in [0.15, 0.2) is 6.10 Å². The molecular formula is C18H16Cl2FNO4. The minimum absolute atomic E-state index is 0.0567. The van der Waals surface area contributed by atoms with Crippen molar-refractivity contribution in [2.24, 2.45) is 0 Å². The molecule has 2 aromatic carbocycles. The lowest BCUT2D eigenvalue weighted by atomic mass is 10.1. The highest BCUT2D eigenvalue weighted by Gasteiger charge is 2.20. The molecular weight excluding hydrogens is 384 g/mol. The Kier molecular flexibility index (Phi) is 6.83. The molecule has 2 rings (SSSR count). The summed E-state index contributed by atoms with van der Waals surface area (Å²) in [5.41, 5.74) is 0.472. The number of carbonyl (C=O) groups is 2. The molecule has 5 nitrogen and oxygen atoms in total. The molecule has 1 atom stereocenters. The topological polar surface area (TPSA) is 64.6 Å². The average molecular weight is 400 g/mol. The van der Waals surface area contributed by atoms with Crippen LogP contribution in [0.3, 0.4) is 0 Å². The van der Waals surface area contributed by atoms with Gasteiger partial charge in [0.1, 0.15) is 11.6 Å². The van der Waals surface area contributed by atoms with Crippen LogP contribution in [0, 0.1) is 5.82 Å². The van der Waals surface area contributed by atoms with Crippen LogP contribution in [-0.4, -0.2) is 25.1 Å². The standard InChI is InChI=1S/C18H16Cl2FNO4/c1-10(18(24)22-15-5-3-13(20)9-14(15)21)26-17(23)8-11-7-12(19)4-6-16(11)25-2/h3-7,9-10H,8H2,1-2H3,(H,22,24)/t10-/m1/s1. The van der Waals surface area contributed by atoms with Gasteiger partial charge in [-0.1, -0.05) is 23.2 Å². The first-order chi connectivity index (χ1) is 12.3. The lowest BCUT2D eigenvalue weighted by molar-refractivity contribution is -0.152. The summed E-state index contributed by atoms with van der Waals surface area (Å²) in [5, 5.41) is 2.99. The van der Waals surface area contributed by atoms with Gasteiger partial charge >= 0.3 is 5.97 Å². The Morgan fingerprint density at radius 3 is 2.46 bits per heavy atom. The molecule has 0 aliphatic carbocycles. The van der Waals surface area contributed by atoms with Gasteiger partial charge in [0, 0.05) is 15.6 Å². The number of carbonyl (C=O) groups excluding carboxylic acids is 2. The smallest absolute Gasteiger partial charge is 0.311 e. The van der Waals surface area contributed by atoms with Crippen LogP contribution in [0.15, 0.2) is 36.4 Å². The van der Waals surface area contributed by atoms with Crippen molar-refractivity contribution in [3.8, 4) is 5.75 Å². The molecule has 138 valence electrons. The number of nitrogens with one attached hydrogen (secondary N) is 1. The maximum absolute atomic E-state index is 13.7. The first-order valence-corrected chi connectivity index (χ1v) is 8.33. The lowest BCUT2D eigenvalue weighted by Crippen LogP contribution is -2.30. The SMILES string of the molecule is COc1ccc(Cl)cc1CC(=O)O[C@H](C)C(=O)Nc1ccc(Cl)cc1F. The molecule has 1 amide bonds. The van der Waals surface area contributed by atoms with Crippen LogP contribution in [0.4, 0.5) is 10.1 Å². The fourth-order valence-electron chi connectivity index (χ4n) is 2.16. The van der Waals surface area contributed by atoms with Crippen LogP contribution >= 0.6 is 23.2 Å². The van der Waals surface area contributed by atoms with E-state index < -0.39 is 23.8 Å². The summed E-state index contributed by atoms with van der Waals surface area (Å²) in [4.78, 5) is 24.2. The molecule has 0 spiro atoms. The van der Waals surface area contributed by atoms with Crippen molar-refractivity contribution in [1.82, 2.24) is 0 Å². The van der Waals surface area contributed by atoms with Crippen LogP contribution in [0.2, 0.25) is 10.0 Å². The lowest BCUT2D eigenvalue weighted by Gasteiger charge is -2.15. The summed E-state index contributed by atoms with van der Waals surface area (Å²) < 4.78 is 24.0. The Balaban J connectivity index is 1.98. The van der Waals surface area contributed by atoms with Crippen molar-refractivity contribution in [2.45, 2.75) is 19.4 Å². The maximum atomic E-state index is 13.7. The Hall–Kier alpha value is -2.31. The predicted octanol–water partition coefficient (Wildman–Crippen LogP) is 4.25. The second-order valence-electron chi connectivity index (χ2n) is 5.38. The van der Waals surface area contributed by atoms with E-state index in [-0.39, 0.29) is 17.1 Å².